The molecule has 20 heavy (non-hydrogen) atoms. The predicted molar refractivity (Wildman–Crippen MR) is 76.7 cm³/mol. The third kappa shape index (κ3) is 3.58. The van der Waals surface area contributed by atoms with Gasteiger partial charge in [0, 0.05) is 18.2 Å². The summed E-state index contributed by atoms with van der Waals surface area (Å²) in [6, 6.07) is 4.75. The molecule has 2 rings (SSSR count). The summed E-state index contributed by atoms with van der Waals surface area (Å²) in [7, 11) is -3.51. The van der Waals surface area contributed by atoms with Crippen LogP contribution in [0.2, 0.25) is 0 Å². The minimum Gasteiger partial charge on any atom is -0.380 e. The van der Waals surface area contributed by atoms with Crippen molar-refractivity contribution >= 4 is 10.0 Å². The van der Waals surface area contributed by atoms with Gasteiger partial charge in [0.1, 0.15) is 0 Å². The lowest BCUT2D eigenvalue weighted by Crippen LogP contribution is -2.35. The quantitative estimate of drug-likeness (QED) is 0.789. The molecule has 0 aromatic heterocycles. The molecule has 0 amide bonds. The third-order valence-electron chi connectivity index (χ3n) is 3.08. The Bertz CT molecular complexity index is 638. The molecule has 5 nitrogen and oxygen atoms in total. The zero-order valence-corrected chi connectivity index (χ0v) is 12.2. The Labute approximate surface area is 119 Å². The fraction of sp³-hybridized carbons (Fsp3) is 0.429. The van der Waals surface area contributed by atoms with Crippen molar-refractivity contribution in [1.82, 2.24) is 4.72 Å². The Hall–Kier alpha value is -1.39. The number of nitrogens with one attached hydrogen (secondary N) is 1. The first kappa shape index (κ1) is 15.0. The second-order valence-electron chi connectivity index (χ2n) is 4.66. The molecule has 1 atom stereocenters. The first-order valence-corrected chi connectivity index (χ1v) is 7.91. The van der Waals surface area contributed by atoms with Gasteiger partial charge in [-0.1, -0.05) is 11.8 Å². The van der Waals surface area contributed by atoms with Crippen LogP contribution in [0.15, 0.2) is 23.1 Å². The molecule has 1 aliphatic heterocycles. The van der Waals surface area contributed by atoms with Gasteiger partial charge in [0.25, 0.3) is 0 Å². The third-order valence-corrected chi connectivity index (χ3v) is 4.60. The summed E-state index contributed by atoms with van der Waals surface area (Å²) in [6.45, 7) is 3.14. The molecule has 1 aromatic carbocycles. The molecule has 1 aliphatic rings. The van der Waals surface area contributed by atoms with E-state index in [1.165, 1.54) is 0 Å². The molecule has 1 saturated heterocycles. The van der Waals surface area contributed by atoms with Gasteiger partial charge in [-0.2, -0.15) is 0 Å². The number of sulfonamides is 1. The summed E-state index contributed by atoms with van der Waals surface area (Å²) in [5.74, 6) is 5.67. The Kier molecular flexibility index (Phi) is 4.78. The molecule has 0 saturated carbocycles. The van der Waals surface area contributed by atoms with Gasteiger partial charge >= 0.3 is 0 Å². The minimum absolute atomic E-state index is 0.142. The highest BCUT2D eigenvalue weighted by Gasteiger charge is 2.23. The topological polar surface area (TPSA) is 81.4 Å². The number of nitrogens with two attached hydrogens (primary N) is 1. The molecule has 6 heteroatoms. The van der Waals surface area contributed by atoms with Crippen LogP contribution in [0, 0.1) is 18.8 Å². The molecule has 0 spiro atoms. The number of aryl methyl sites for hydroxylation is 1. The van der Waals surface area contributed by atoms with Crippen LogP contribution in [0.25, 0.3) is 0 Å². The van der Waals surface area contributed by atoms with Crippen LogP contribution in [0.1, 0.15) is 17.5 Å². The molecule has 1 fully saturated rings. The molecule has 0 bridgehead atoms. The maximum Gasteiger partial charge on any atom is 0.240 e. The molecule has 0 radical (unpaired) electrons. The zero-order chi connectivity index (χ0) is 14.6. The summed E-state index contributed by atoms with van der Waals surface area (Å²) in [4.78, 5) is 0.250. The smallest absolute Gasteiger partial charge is 0.240 e. The molecule has 1 heterocycles. The first-order valence-electron chi connectivity index (χ1n) is 6.42. The number of ether oxygens (including phenoxy) is 1. The van der Waals surface area contributed by atoms with E-state index in [9.17, 15) is 8.42 Å². The Balaban J connectivity index is 2.21. The molecular formula is C14H18N2O3S. The van der Waals surface area contributed by atoms with E-state index in [1.807, 2.05) is 6.92 Å². The van der Waals surface area contributed by atoms with Gasteiger partial charge in [-0.3, -0.25) is 0 Å². The molecule has 1 unspecified atom stereocenters. The zero-order valence-electron chi connectivity index (χ0n) is 11.3. The van der Waals surface area contributed by atoms with Crippen molar-refractivity contribution in [3.8, 4) is 11.8 Å². The Morgan fingerprint density at radius 2 is 2.30 bits per heavy atom. The number of rotatable bonds is 3. The van der Waals surface area contributed by atoms with Crippen molar-refractivity contribution < 1.29 is 13.2 Å². The highest BCUT2D eigenvalue weighted by Crippen LogP contribution is 2.16. The summed E-state index contributed by atoms with van der Waals surface area (Å²) in [5.41, 5.74) is 6.93. The lowest BCUT2D eigenvalue weighted by molar-refractivity contribution is 0.192. The SMILES string of the molecule is Cc1cc(S(=O)(=O)NC2CCOC2)ccc1C#CCN. The van der Waals surface area contributed by atoms with Crippen LogP contribution in [-0.2, 0) is 14.8 Å². The molecule has 1 aromatic rings. The van der Waals surface area contributed by atoms with Crippen LogP contribution in [0.4, 0.5) is 0 Å². The van der Waals surface area contributed by atoms with E-state index in [0.717, 1.165) is 11.1 Å². The van der Waals surface area contributed by atoms with Crippen LogP contribution in [0.3, 0.4) is 0 Å². The van der Waals surface area contributed by atoms with Crippen molar-refractivity contribution in [3.63, 3.8) is 0 Å². The summed E-state index contributed by atoms with van der Waals surface area (Å²) in [5, 5.41) is 0. The van der Waals surface area contributed by atoms with Crippen molar-refractivity contribution in [2.75, 3.05) is 19.8 Å². The van der Waals surface area contributed by atoms with Crippen LogP contribution in [-0.4, -0.2) is 34.2 Å². The van der Waals surface area contributed by atoms with Gasteiger partial charge in [-0.15, -0.1) is 0 Å². The fourth-order valence-corrected chi connectivity index (χ4v) is 3.34. The van der Waals surface area contributed by atoms with Gasteiger partial charge in [-0.05, 0) is 37.1 Å². The molecule has 108 valence electrons. The van der Waals surface area contributed by atoms with E-state index in [4.69, 9.17) is 10.5 Å². The van der Waals surface area contributed by atoms with Crippen molar-refractivity contribution in [1.29, 1.82) is 0 Å². The monoisotopic (exact) mass is 294 g/mol. The van der Waals surface area contributed by atoms with Gasteiger partial charge in [-0.25, -0.2) is 13.1 Å². The molecule has 0 aliphatic carbocycles. The summed E-state index contributed by atoms with van der Waals surface area (Å²) < 4.78 is 32.3. The minimum atomic E-state index is -3.51. The predicted octanol–water partition coefficient (Wildman–Crippen LogP) is 0.372. The fourth-order valence-electron chi connectivity index (χ4n) is 2.00. The second-order valence-corrected chi connectivity index (χ2v) is 6.38. The van der Waals surface area contributed by atoms with E-state index >= 15 is 0 Å². The van der Waals surface area contributed by atoms with E-state index in [-0.39, 0.29) is 17.5 Å². The average molecular weight is 294 g/mol. The maximum absolute atomic E-state index is 12.2. The van der Waals surface area contributed by atoms with Crippen molar-refractivity contribution in [2.45, 2.75) is 24.3 Å². The first-order chi connectivity index (χ1) is 9.53. The number of hydrogen-bond donors (Lipinski definition) is 2. The Morgan fingerprint density at radius 1 is 1.50 bits per heavy atom. The summed E-state index contributed by atoms with van der Waals surface area (Å²) >= 11 is 0. The normalized spacial score (nSPS) is 18.6. The molecule has 3 N–H and O–H groups in total. The number of benzene rings is 1. The highest BCUT2D eigenvalue weighted by atomic mass is 32.2. The summed E-state index contributed by atoms with van der Waals surface area (Å²) in [6.07, 6.45) is 0.707. The van der Waals surface area contributed by atoms with Gasteiger partial charge in [0.15, 0.2) is 0 Å². The largest absolute Gasteiger partial charge is 0.380 e. The van der Waals surface area contributed by atoms with Crippen LogP contribution < -0.4 is 10.5 Å². The lowest BCUT2D eigenvalue weighted by Gasteiger charge is -2.12. The highest BCUT2D eigenvalue weighted by molar-refractivity contribution is 7.89. The second kappa shape index (κ2) is 6.37. The van der Waals surface area contributed by atoms with Crippen LogP contribution >= 0.6 is 0 Å². The van der Waals surface area contributed by atoms with Gasteiger partial charge < -0.3 is 10.5 Å². The van der Waals surface area contributed by atoms with E-state index < -0.39 is 10.0 Å². The van der Waals surface area contributed by atoms with E-state index in [1.54, 1.807) is 18.2 Å². The van der Waals surface area contributed by atoms with Gasteiger partial charge in [0.2, 0.25) is 10.0 Å². The number of hydrogen-bond acceptors (Lipinski definition) is 4. The average Bonchev–Trinajstić information content (AvgIpc) is 2.89. The van der Waals surface area contributed by atoms with Crippen molar-refractivity contribution in [2.24, 2.45) is 5.73 Å². The van der Waals surface area contributed by atoms with E-state index in [2.05, 4.69) is 16.6 Å². The lowest BCUT2D eigenvalue weighted by atomic mass is 10.1. The maximum atomic E-state index is 12.2. The standard InChI is InChI=1S/C14H18N2O3S/c1-11-9-14(5-4-12(11)3-2-7-15)20(17,18)16-13-6-8-19-10-13/h4-5,9,13,16H,6-8,10,15H2,1H3. The van der Waals surface area contributed by atoms with Crippen molar-refractivity contribution in [3.05, 3.63) is 29.3 Å². The van der Waals surface area contributed by atoms with Crippen LogP contribution in [0.5, 0.6) is 0 Å². The Morgan fingerprint density at radius 3 is 2.90 bits per heavy atom. The van der Waals surface area contributed by atoms with E-state index in [0.29, 0.717) is 19.6 Å². The van der Waals surface area contributed by atoms with Gasteiger partial charge in [0.05, 0.1) is 18.0 Å². The molecular weight excluding hydrogens is 276 g/mol.